The van der Waals surface area contributed by atoms with Gasteiger partial charge in [0.05, 0.1) is 5.92 Å². The number of carboxylic acids is 1. The zero-order valence-electron chi connectivity index (χ0n) is 10.2. The van der Waals surface area contributed by atoms with Gasteiger partial charge in [-0.15, -0.1) is 0 Å². The van der Waals surface area contributed by atoms with Gasteiger partial charge < -0.3 is 5.11 Å². The lowest BCUT2D eigenvalue weighted by Crippen LogP contribution is -2.43. The van der Waals surface area contributed by atoms with Crippen LogP contribution in [0.4, 0.5) is 0 Å². The highest BCUT2D eigenvalue weighted by molar-refractivity contribution is 5.72. The molecule has 3 aliphatic carbocycles. The van der Waals surface area contributed by atoms with Crippen LogP contribution >= 0.6 is 0 Å². The molecule has 1 N–H and O–H groups in total. The van der Waals surface area contributed by atoms with Crippen molar-refractivity contribution < 1.29 is 9.90 Å². The smallest absolute Gasteiger partial charge is 0.307 e. The molecule has 0 aromatic carbocycles. The van der Waals surface area contributed by atoms with Crippen LogP contribution in [0.5, 0.6) is 0 Å². The van der Waals surface area contributed by atoms with Crippen molar-refractivity contribution in [2.45, 2.75) is 58.3 Å². The first-order chi connectivity index (χ1) is 7.57. The van der Waals surface area contributed by atoms with E-state index < -0.39 is 5.97 Å². The Kier molecular flexibility index (Phi) is 2.15. The van der Waals surface area contributed by atoms with Crippen molar-refractivity contribution in [3.63, 3.8) is 0 Å². The maximum Gasteiger partial charge on any atom is 0.307 e. The quantitative estimate of drug-likeness (QED) is 0.777. The summed E-state index contributed by atoms with van der Waals surface area (Å²) in [6.07, 6.45) is 9.81. The second-order valence-corrected chi connectivity index (χ2v) is 6.66. The van der Waals surface area contributed by atoms with Crippen LogP contribution in [-0.4, -0.2) is 11.1 Å². The average Bonchev–Trinajstić information content (AvgIpc) is 2.90. The number of carboxylic acid groups (broad SMARTS) is 1. The molecule has 0 amide bonds. The fourth-order valence-electron chi connectivity index (χ4n) is 5.22. The predicted molar refractivity (Wildman–Crippen MR) is 62.1 cm³/mol. The highest BCUT2D eigenvalue weighted by Crippen LogP contribution is 2.69. The first kappa shape index (κ1) is 10.6. The van der Waals surface area contributed by atoms with Crippen LogP contribution in [0.2, 0.25) is 0 Å². The summed E-state index contributed by atoms with van der Waals surface area (Å²) in [7, 11) is 0. The summed E-state index contributed by atoms with van der Waals surface area (Å²) in [6.45, 7) is 2.38. The molecular formula is C14H22O2. The van der Waals surface area contributed by atoms with Crippen LogP contribution < -0.4 is 0 Å². The Morgan fingerprint density at radius 3 is 2.50 bits per heavy atom. The first-order valence-electron chi connectivity index (χ1n) is 6.80. The first-order valence-corrected chi connectivity index (χ1v) is 6.80. The maximum absolute atomic E-state index is 11.5. The molecule has 2 bridgehead atoms. The molecule has 0 spiro atoms. The lowest BCUT2D eigenvalue weighted by Gasteiger charge is -2.46. The topological polar surface area (TPSA) is 37.3 Å². The molecule has 0 heterocycles. The van der Waals surface area contributed by atoms with Crippen LogP contribution in [0.15, 0.2) is 0 Å². The van der Waals surface area contributed by atoms with Crippen molar-refractivity contribution in [2.24, 2.45) is 22.7 Å². The molecule has 3 unspecified atom stereocenters. The van der Waals surface area contributed by atoms with Gasteiger partial charge in [-0.3, -0.25) is 4.79 Å². The average molecular weight is 222 g/mol. The van der Waals surface area contributed by atoms with Gasteiger partial charge in [0.2, 0.25) is 0 Å². The number of hydrogen-bond donors (Lipinski definition) is 1. The van der Waals surface area contributed by atoms with Crippen molar-refractivity contribution >= 4 is 5.97 Å². The van der Waals surface area contributed by atoms with Crippen molar-refractivity contribution in [3.8, 4) is 0 Å². The third kappa shape index (κ3) is 1.16. The molecule has 3 fully saturated rings. The molecule has 3 aliphatic rings. The van der Waals surface area contributed by atoms with Gasteiger partial charge in [0.15, 0.2) is 0 Å². The molecule has 0 radical (unpaired) electrons. The number of hydrogen-bond acceptors (Lipinski definition) is 1. The maximum atomic E-state index is 11.5. The summed E-state index contributed by atoms with van der Waals surface area (Å²) in [5, 5.41) is 9.48. The van der Waals surface area contributed by atoms with Crippen molar-refractivity contribution in [1.82, 2.24) is 0 Å². The number of aliphatic carboxylic acids is 1. The highest BCUT2D eigenvalue weighted by Gasteiger charge is 2.63. The molecule has 16 heavy (non-hydrogen) atoms. The van der Waals surface area contributed by atoms with Crippen LogP contribution in [0.3, 0.4) is 0 Å². The molecule has 2 heteroatoms. The summed E-state index contributed by atoms with van der Waals surface area (Å²) in [6, 6.07) is 0. The zero-order chi connectivity index (χ0) is 11.4. The van der Waals surface area contributed by atoms with Gasteiger partial charge in [-0.1, -0.05) is 19.8 Å². The van der Waals surface area contributed by atoms with Crippen molar-refractivity contribution in [1.29, 1.82) is 0 Å². The van der Waals surface area contributed by atoms with E-state index in [4.69, 9.17) is 0 Å². The summed E-state index contributed by atoms with van der Waals surface area (Å²) >= 11 is 0. The Labute approximate surface area is 97.4 Å². The minimum atomic E-state index is -0.518. The largest absolute Gasteiger partial charge is 0.481 e. The fraction of sp³-hybridized carbons (Fsp3) is 0.929. The van der Waals surface area contributed by atoms with E-state index in [0.717, 1.165) is 12.3 Å². The molecule has 3 rings (SSSR count). The van der Waals surface area contributed by atoms with Crippen LogP contribution in [0.25, 0.3) is 0 Å². The molecule has 0 aromatic rings. The molecule has 0 aliphatic heterocycles. The zero-order valence-corrected chi connectivity index (χ0v) is 10.2. The Hall–Kier alpha value is -0.530. The van der Waals surface area contributed by atoms with E-state index in [2.05, 4.69) is 6.92 Å². The minimum Gasteiger partial charge on any atom is -0.481 e. The Bertz CT molecular complexity index is 317. The van der Waals surface area contributed by atoms with E-state index in [1.165, 1.54) is 44.9 Å². The van der Waals surface area contributed by atoms with Gasteiger partial charge in [-0.05, 0) is 55.3 Å². The molecule has 3 saturated carbocycles. The predicted octanol–water partition coefficient (Wildman–Crippen LogP) is 3.46. The fourth-order valence-corrected chi connectivity index (χ4v) is 5.22. The second kappa shape index (κ2) is 3.24. The normalized spacial score (nSPS) is 45.1. The molecule has 0 saturated heterocycles. The van der Waals surface area contributed by atoms with E-state index in [0.29, 0.717) is 5.41 Å². The Morgan fingerprint density at radius 2 is 1.94 bits per heavy atom. The highest BCUT2D eigenvalue weighted by atomic mass is 16.4. The van der Waals surface area contributed by atoms with E-state index >= 15 is 0 Å². The van der Waals surface area contributed by atoms with Crippen LogP contribution in [0, 0.1) is 22.7 Å². The summed E-state index contributed by atoms with van der Waals surface area (Å²) < 4.78 is 0. The van der Waals surface area contributed by atoms with Gasteiger partial charge in [0.1, 0.15) is 0 Å². The molecule has 2 nitrogen and oxygen atoms in total. The van der Waals surface area contributed by atoms with Gasteiger partial charge in [0.25, 0.3) is 0 Å². The second-order valence-electron chi connectivity index (χ2n) is 6.66. The Balaban J connectivity index is 1.97. The lowest BCUT2D eigenvalue weighted by molar-refractivity contribution is -0.150. The molecule has 90 valence electrons. The SMILES string of the molecule is CC1(C23CCC(CC2C(=O)O)C3)CCCC1. The van der Waals surface area contributed by atoms with Gasteiger partial charge in [-0.25, -0.2) is 0 Å². The van der Waals surface area contributed by atoms with Crippen LogP contribution in [0.1, 0.15) is 58.3 Å². The third-order valence-electron chi connectivity index (χ3n) is 6.09. The van der Waals surface area contributed by atoms with E-state index in [1.807, 2.05) is 0 Å². The standard InChI is InChI=1S/C14H22O2/c1-13(5-2-3-6-13)14-7-4-10(9-14)8-11(14)12(15)16/h10-11H,2-9H2,1H3,(H,15,16). The summed E-state index contributed by atoms with van der Waals surface area (Å²) in [5.41, 5.74) is 0.501. The minimum absolute atomic E-state index is 0.0330. The van der Waals surface area contributed by atoms with Crippen molar-refractivity contribution in [3.05, 3.63) is 0 Å². The van der Waals surface area contributed by atoms with Crippen LogP contribution in [-0.2, 0) is 4.79 Å². The van der Waals surface area contributed by atoms with Gasteiger partial charge in [0, 0.05) is 0 Å². The van der Waals surface area contributed by atoms with Gasteiger partial charge in [-0.2, -0.15) is 0 Å². The third-order valence-corrected chi connectivity index (χ3v) is 6.09. The van der Waals surface area contributed by atoms with Crippen molar-refractivity contribution in [2.75, 3.05) is 0 Å². The summed E-state index contributed by atoms with van der Waals surface area (Å²) in [4.78, 5) is 11.5. The van der Waals surface area contributed by atoms with E-state index in [-0.39, 0.29) is 11.3 Å². The monoisotopic (exact) mass is 222 g/mol. The molecular weight excluding hydrogens is 200 g/mol. The molecule has 0 aromatic heterocycles. The summed E-state index contributed by atoms with van der Waals surface area (Å²) in [5.74, 6) is 0.170. The Morgan fingerprint density at radius 1 is 1.25 bits per heavy atom. The van der Waals surface area contributed by atoms with Gasteiger partial charge >= 0.3 is 5.97 Å². The number of fused-ring (bicyclic) bond motifs is 2. The van der Waals surface area contributed by atoms with E-state index in [1.54, 1.807) is 0 Å². The number of rotatable bonds is 2. The number of carbonyl (C=O) groups is 1. The molecule has 3 atom stereocenters. The lowest BCUT2D eigenvalue weighted by atomic mass is 9.57. The van der Waals surface area contributed by atoms with E-state index in [9.17, 15) is 9.90 Å².